The van der Waals surface area contributed by atoms with E-state index in [2.05, 4.69) is 50.3 Å². The molecular formula is C28H32N6O. The zero-order valence-electron chi connectivity index (χ0n) is 20.1. The molecule has 7 heteroatoms. The molecule has 0 radical (unpaired) electrons. The number of hydrogen-bond acceptors (Lipinski definition) is 6. The van der Waals surface area contributed by atoms with Crippen LogP contribution in [-0.2, 0) is 13.1 Å². The van der Waals surface area contributed by atoms with Gasteiger partial charge in [-0.05, 0) is 54.9 Å². The molecule has 1 amide bonds. The van der Waals surface area contributed by atoms with E-state index in [9.17, 15) is 4.79 Å². The molecule has 1 fully saturated rings. The van der Waals surface area contributed by atoms with Crippen molar-refractivity contribution in [3.63, 3.8) is 0 Å². The highest BCUT2D eigenvalue weighted by Gasteiger charge is 2.17. The van der Waals surface area contributed by atoms with Crippen LogP contribution >= 0.6 is 0 Å². The minimum atomic E-state index is -0.0734. The van der Waals surface area contributed by atoms with Crippen molar-refractivity contribution in [2.45, 2.75) is 13.1 Å². The van der Waals surface area contributed by atoms with Crippen molar-refractivity contribution >= 4 is 22.4 Å². The number of hydrogen-bond donors (Lipinski definition) is 2. The molecule has 3 N–H and O–H groups in total. The van der Waals surface area contributed by atoms with E-state index in [0.29, 0.717) is 18.7 Å². The summed E-state index contributed by atoms with van der Waals surface area (Å²) in [4.78, 5) is 25.6. The van der Waals surface area contributed by atoms with Crippen molar-refractivity contribution in [3.05, 3.63) is 102 Å². The lowest BCUT2D eigenvalue weighted by molar-refractivity contribution is 0.0950. The minimum absolute atomic E-state index is 0.0734. The first-order valence-electron chi connectivity index (χ1n) is 11.9. The summed E-state index contributed by atoms with van der Waals surface area (Å²) in [5, 5.41) is 5.25. The van der Waals surface area contributed by atoms with Gasteiger partial charge in [-0.25, -0.2) is 0 Å². The van der Waals surface area contributed by atoms with E-state index in [4.69, 9.17) is 5.73 Å². The Bertz CT molecular complexity index is 1220. The average molecular weight is 469 g/mol. The number of rotatable bonds is 5. The summed E-state index contributed by atoms with van der Waals surface area (Å²) in [5.41, 5.74) is 8.97. The van der Waals surface area contributed by atoms with Gasteiger partial charge in [0, 0.05) is 61.8 Å². The number of nitrogens with one attached hydrogen (secondary N) is 1. The van der Waals surface area contributed by atoms with Crippen molar-refractivity contribution in [2.24, 2.45) is 5.73 Å². The molecule has 0 saturated carbocycles. The van der Waals surface area contributed by atoms with Crippen LogP contribution < -0.4 is 16.0 Å². The number of nitrogens with zero attached hydrogens (tertiary/aromatic N) is 4. The van der Waals surface area contributed by atoms with Crippen molar-refractivity contribution in [1.29, 1.82) is 0 Å². The van der Waals surface area contributed by atoms with Crippen LogP contribution in [0.4, 0.5) is 5.69 Å². The van der Waals surface area contributed by atoms with Crippen molar-refractivity contribution in [2.75, 3.05) is 38.1 Å². The lowest BCUT2D eigenvalue weighted by Gasteiger charge is -2.34. The van der Waals surface area contributed by atoms with E-state index in [1.807, 2.05) is 54.6 Å². The van der Waals surface area contributed by atoms with E-state index in [1.54, 1.807) is 12.4 Å². The largest absolute Gasteiger partial charge is 0.368 e. The number of likely N-dealkylation sites (N-methyl/N-ethyl adjacent to an activating group) is 1. The molecule has 3 heterocycles. The summed E-state index contributed by atoms with van der Waals surface area (Å²) in [5.74, 6) is -0.0734. The maximum Gasteiger partial charge on any atom is 0.251 e. The van der Waals surface area contributed by atoms with Crippen LogP contribution in [0.3, 0.4) is 0 Å². The molecule has 0 bridgehead atoms. The van der Waals surface area contributed by atoms with E-state index in [0.717, 1.165) is 48.3 Å². The molecule has 2 aromatic carbocycles. The Labute approximate surface area is 206 Å². The number of aromatic nitrogens is 2. The first-order valence-corrected chi connectivity index (χ1v) is 11.9. The molecule has 180 valence electrons. The van der Waals surface area contributed by atoms with Gasteiger partial charge >= 0.3 is 0 Å². The predicted molar refractivity (Wildman–Crippen MR) is 141 cm³/mol. The zero-order chi connectivity index (χ0) is 24.5. The van der Waals surface area contributed by atoms with Crippen LogP contribution in [0.25, 0.3) is 10.8 Å². The number of fused-ring (bicyclic) bond motifs is 1. The van der Waals surface area contributed by atoms with E-state index >= 15 is 0 Å². The Morgan fingerprint density at radius 2 is 1.60 bits per heavy atom. The Hall–Kier alpha value is -3.81. The molecule has 1 saturated heterocycles. The second-order valence-corrected chi connectivity index (χ2v) is 8.53. The van der Waals surface area contributed by atoms with Gasteiger partial charge in [-0.2, -0.15) is 0 Å². The summed E-state index contributed by atoms with van der Waals surface area (Å²) in [6.45, 7) is 5.08. The second kappa shape index (κ2) is 12.1. The second-order valence-electron chi connectivity index (χ2n) is 8.53. The summed E-state index contributed by atoms with van der Waals surface area (Å²) >= 11 is 0. The molecule has 0 spiro atoms. The SMILES string of the molecule is CN1CCN(c2cccc3ccc(C(=O)NCc4ccccn4)cc23)CC1.NCc1ccccn1. The number of anilines is 1. The van der Waals surface area contributed by atoms with E-state index < -0.39 is 0 Å². The molecular weight excluding hydrogens is 436 g/mol. The summed E-state index contributed by atoms with van der Waals surface area (Å²) in [6, 6.07) is 23.7. The van der Waals surface area contributed by atoms with Crippen molar-refractivity contribution < 1.29 is 4.79 Å². The van der Waals surface area contributed by atoms with Gasteiger partial charge in [0.1, 0.15) is 0 Å². The van der Waals surface area contributed by atoms with Gasteiger partial charge in [0.2, 0.25) is 0 Å². The number of carbonyl (C=O) groups excluding carboxylic acids is 1. The topological polar surface area (TPSA) is 87.4 Å². The highest BCUT2D eigenvalue weighted by atomic mass is 16.1. The van der Waals surface area contributed by atoms with Gasteiger partial charge in [-0.15, -0.1) is 0 Å². The summed E-state index contributed by atoms with van der Waals surface area (Å²) in [7, 11) is 2.16. The molecule has 4 aromatic rings. The molecule has 0 unspecified atom stereocenters. The number of carbonyl (C=O) groups is 1. The maximum atomic E-state index is 12.6. The fourth-order valence-corrected chi connectivity index (χ4v) is 4.01. The number of benzene rings is 2. The normalized spacial score (nSPS) is 13.7. The van der Waals surface area contributed by atoms with Crippen LogP contribution in [0.2, 0.25) is 0 Å². The Morgan fingerprint density at radius 3 is 2.23 bits per heavy atom. The van der Waals surface area contributed by atoms with Gasteiger partial charge in [-0.3, -0.25) is 14.8 Å². The fraction of sp³-hybridized carbons (Fsp3) is 0.250. The molecule has 2 aromatic heterocycles. The fourth-order valence-electron chi connectivity index (χ4n) is 4.01. The highest BCUT2D eigenvalue weighted by molar-refractivity contribution is 6.02. The van der Waals surface area contributed by atoms with Crippen LogP contribution in [0, 0.1) is 0 Å². The van der Waals surface area contributed by atoms with E-state index in [1.165, 1.54) is 5.69 Å². The molecule has 7 nitrogen and oxygen atoms in total. The third-order valence-electron chi connectivity index (χ3n) is 6.06. The number of pyridine rings is 2. The molecule has 5 rings (SSSR count). The molecule has 35 heavy (non-hydrogen) atoms. The molecule has 0 aliphatic carbocycles. The quantitative estimate of drug-likeness (QED) is 0.467. The number of amides is 1. The molecule has 0 atom stereocenters. The predicted octanol–water partition coefficient (Wildman–Crippen LogP) is 3.46. The van der Waals surface area contributed by atoms with Gasteiger partial charge < -0.3 is 20.9 Å². The van der Waals surface area contributed by atoms with Gasteiger partial charge in [-0.1, -0.05) is 30.3 Å². The standard InChI is InChI=1S/C22H24N4O.C6H8N2/c1-25-11-13-26(14-12-25)21-7-4-5-17-8-9-18(15-20(17)21)22(27)24-16-19-6-2-3-10-23-19;7-5-6-3-1-2-4-8-6/h2-10,15H,11-14,16H2,1H3,(H,24,27);1-4H,5,7H2. The van der Waals surface area contributed by atoms with Crippen LogP contribution in [-0.4, -0.2) is 54.0 Å². The lowest BCUT2D eigenvalue weighted by atomic mass is 10.0. The Balaban J connectivity index is 0.000000308. The van der Waals surface area contributed by atoms with Gasteiger partial charge in [0.25, 0.3) is 5.91 Å². The minimum Gasteiger partial charge on any atom is -0.368 e. The molecule has 1 aliphatic heterocycles. The number of nitrogens with two attached hydrogens (primary N) is 1. The molecule has 1 aliphatic rings. The Kier molecular flexibility index (Phi) is 8.38. The number of piperazine rings is 1. The van der Waals surface area contributed by atoms with E-state index in [-0.39, 0.29) is 5.91 Å². The summed E-state index contributed by atoms with van der Waals surface area (Å²) in [6.07, 6.45) is 3.47. The van der Waals surface area contributed by atoms with Gasteiger partial charge in [0.15, 0.2) is 0 Å². The van der Waals surface area contributed by atoms with Gasteiger partial charge in [0.05, 0.1) is 17.9 Å². The average Bonchev–Trinajstić information content (AvgIpc) is 2.93. The highest BCUT2D eigenvalue weighted by Crippen LogP contribution is 2.28. The van der Waals surface area contributed by atoms with Crippen molar-refractivity contribution in [3.8, 4) is 0 Å². The van der Waals surface area contributed by atoms with Crippen molar-refractivity contribution in [1.82, 2.24) is 20.2 Å². The lowest BCUT2D eigenvalue weighted by Crippen LogP contribution is -2.44. The monoisotopic (exact) mass is 468 g/mol. The van der Waals surface area contributed by atoms with Crippen LogP contribution in [0.15, 0.2) is 85.2 Å². The third-order valence-corrected chi connectivity index (χ3v) is 6.06. The Morgan fingerprint density at radius 1 is 0.886 bits per heavy atom. The first kappa shape index (κ1) is 24.3. The van der Waals surface area contributed by atoms with Crippen LogP contribution in [0.5, 0.6) is 0 Å². The third kappa shape index (κ3) is 6.62. The maximum absolute atomic E-state index is 12.6. The summed E-state index contributed by atoms with van der Waals surface area (Å²) < 4.78 is 0. The van der Waals surface area contributed by atoms with Crippen LogP contribution in [0.1, 0.15) is 21.7 Å². The smallest absolute Gasteiger partial charge is 0.251 e. The first-order chi connectivity index (χ1) is 17.1. The zero-order valence-corrected chi connectivity index (χ0v) is 20.1.